The maximum absolute atomic E-state index is 5.11. The molecule has 1 aromatic carbocycles. The maximum atomic E-state index is 5.11. The highest BCUT2D eigenvalue weighted by Crippen LogP contribution is 2.21. The standard InChI is InChI=1S/C13H13NO/c1-10-3-4-12(9-14-10)11-5-7-13(15-2)8-6-11/h3-9H,1-2H3. The minimum atomic E-state index is 0.874. The van der Waals surface area contributed by atoms with Gasteiger partial charge in [0, 0.05) is 17.5 Å². The molecule has 0 aliphatic carbocycles. The zero-order valence-electron chi connectivity index (χ0n) is 8.90. The van der Waals surface area contributed by atoms with Gasteiger partial charge in [-0.2, -0.15) is 0 Å². The van der Waals surface area contributed by atoms with Crippen molar-refractivity contribution in [2.45, 2.75) is 6.92 Å². The molecule has 0 aliphatic heterocycles. The molecule has 0 amide bonds. The molecule has 0 saturated heterocycles. The van der Waals surface area contributed by atoms with Gasteiger partial charge in [-0.3, -0.25) is 4.98 Å². The number of hydrogen-bond donors (Lipinski definition) is 0. The first kappa shape index (κ1) is 9.71. The van der Waals surface area contributed by atoms with Crippen LogP contribution in [-0.2, 0) is 0 Å². The van der Waals surface area contributed by atoms with Crippen LogP contribution in [-0.4, -0.2) is 12.1 Å². The van der Waals surface area contributed by atoms with Gasteiger partial charge < -0.3 is 4.74 Å². The molecule has 1 heterocycles. The summed E-state index contributed by atoms with van der Waals surface area (Å²) in [6, 6.07) is 12.1. The van der Waals surface area contributed by atoms with Crippen molar-refractivity contribution in [1.29, 1.82) is 0 Å². The molecule has 0 saturated carbocycles. The predicted molar refractivity (Wildman–Crippen MR) is 61.0 cm³/mol. The van der Waals surface area contributed by atoms with Crippen molar-refractivity contribution in [1.82, 2.24) is 4.98 Å². The van der Waals surface area contributed by atoms with Gasteiger partial charge in [0.1, 0.15) is 5.75 Å². The van der Waals surface area contributed by atoms with Crippen LogP contribution in [0.5, 0.6) is 5.75 Å². The Morgan fingerprint density at radius 3 is 2.13 bits per heavy atom. The van der Waals surface area contributed by atoms with Gasteiger partial charge in [-0.25, -0.2) is 0 Å². The second-order valence-electron chi connectivity index (χ2n) is 3.42. The van der Waals surface area contributed by atoms with E-state index in [0.29, 0.717) is 0 Å². The number of hydrogen-bond acceptors (Lipinski definition) is 2. The Morgan fingerprint density at radius 1 is 0.933 bits per heavy atom. The first-order valence-electron chi connectivity index (χ1n) is 4.86. The van der Waals surface area contributed by atoms with E-state index >= 15 is 0 Å². The molecule has 0 aliphatic rings. The summed E-state index contributed by atoms with van der Waals surface area (Å²) in [5.41, 5.74) is 3.32. The van der Waals surface area contributed by atoms with Crippen LogP contribution in [0, 0.1) is 6.92 Å². The van der Waals surface area contributed by atoms with Crippen molar-refractivity contribution in [2.24, 2.45) is 0 Å². The Hall–Kier alpha value is -1.83. The molecule has 2 nitrogen and oxygen atoms in total. The highest BCUT2D eigenvalue weighted by Gasteiger charge is 1.97. The van der Waals surface area contributed by atoms with Gasteiger partial charge in [-0.05, 0) is 30.7 Å². The van der Waals surface area contributed by atoms with Crippen LogP contribution in [0.1, 0.15) is 5.69 Å². The van der Waals surface area contributed by atoms with Gasteiger partial charge in [0.25, 0.3) is 0 Å². The second-order valence-corrected chi connectivity index (χ2v) is 3.42. The number of rotatable bonds is 2. The fourth-order valence-corrected chi connectivity index (χ4v) is 1.42. The molecule has 0 unspecified atom stereocenters. The Kier molecular flexibility index (Phi) is 2.68. The lowest BCUT2D eigenvalue weighted by Crippen LogP contribution is -1.84. The molecule has 76 valence electrons. The van der Waals surface area contributed by atoms with E-state index in [1.807, 2.05) is 43.5 Å². The van der Waals surface area contributed by atoms with Crippen molar-refractivity contribution in [3.63, 3.8) is 0 Å². The third-order valence-corrected chi connectivity index (χ3v) is 2.33. The molecular formula is C13H13NO. The quantitative estimate of drug-likeness (QED) is 0.741. The lowest BCUT2D eigenvalue weighted by molar-refractivity contribution is 0.415. The van der Waals surface area contributed by atoms with Crippen molar-refractivity contribution < 1.29 is 4.74 Å². The summed E-state index contributed by atoms with van der Waals surface area (Å²) in [5.74, 6) is 0.874. The smallest absolute Gasteiger partial charge is 0.118 e. The first-order chi connectivity index (χ1) is 7.29. The van der Waals surface area contributed by atoms with Crippen LogP contribution in [0.25, 0.3) is 11.1 Å². The third-order valence-electron chi connectivity index (χ3n) is 2.33. The number of aromatic nitrogens is 1. The highest BCUT2D eigenvalue weighted by molar-refractivity contribution is 5.63. The van der Waals surface area contributed by atoms with Crippen LogP contribution in [0.15, 0.2) is 42.6 Å². The van der Waals surface area contributed by atoms with Crippen LogP contribution >= 0.6 is 0 Å². The molecule has 0 N–H and O–H groups in total. The largest absolute Gasteiger partial charge is 0.497 e. The zero-order valence-corrected chi connectivity index (χ0v) is 8.90. The predicted octanol–water partition coefficient (Wildman–Crippen LogP) is 3.07. The molecule has 2 aromatic rings. The topological polar surface area (TPSA) is 22.1 Å². The number of benzene rings is 1. The number of aryl methyl sites for hydroxylation is 1. The fourth-order valence-electron chi connectivity index (χ4n) is 1.42. The van der Waals surface area contributed by atoms with Crippen molar-refractivity contribution in [2.75, 3.05) is 7.11 Å². The summed E-state index contributed by atoms with van der Waals surface area (Å²) in [6.07, 6.45) is 1.89. The molecule has 2 heteroatoms. The normalized spacial score (nSPS) is 10.0. The minimum Gasteiger partial charge on any atom is -0.497 e. The fraction of sp³-hybridized carbons (Fsp3) is 0.154. The van der Waals surface area contributed by atoms with E-state index in [1.54, 1.807) is 7.11 Å². The van der Waals surface area contributed by atoms with Gasteiger partial charge in [0.05, 0.1) is 7.11 Å². The third kappa shape index (κ3) is 2.15. The average molecular weight is 199 g/mol. The molecule has 0 fully saturated rings. The van der Waals surface area contributed by atoms with Gasteiger partial charge >= 0.3 is 0 Å². The minimum absolute atomic E-state index is 0.874. The van der Waals surface area contributed by atoms with Gasteiger partial charge in [-0.15, -0.1) is 0 Å². The van der Waals surface area contributed by atoms with Crippen LogP contribution < -0.4 is 4.74 Å². The lowest BCUT2D eigenvalue weighted by atomic mass is 10.1. The Balaban J connectivity index is 2.33. The summed E-state index contributed by atoms with van der Waals surface area (Å²) in [6.45, 7) is 1.98. The van der Waals surface area contributed by atoms with Crippen molar-refractivity contribution in [3.05, 3.63) is 48.3 Å². The Labute approximate surface area is 89.6 Å². The second kappa shape index (κ2) is 4.13. The Bertz CT molecular complexity index is 431. The molecule has 15 heavy (non-hydrogen) atoms. The van der Waals surface area contributed by atoms with Gasteiger partial charge in [-0.1, -0.05) is 18.2 Å². The maximum Gasteiger partial charge on any atom is 0.118 e. The Morgan fingerprint density at radius 2 is 1.60 bits per heavy atom. The van der Waals surface area contributed by atoms with E-state index in [0.717, 1.165) is 22.6 Å². The van der Waals surface area contributed by atoms with Crippen LogP contribution in [0.3, 0.4) is 0 Å². The van der Waals surface area contributed by atoms with Gasteiger partial charge in [0.15, 0.2) is 0 Å². The number of nitrogens with zero attached hydrogens (tertiary/aromatic N) is 1. The van der Waals surface area contributed by atoms with E-state index in [1.165, 1.54) is 0 Å². The van der Waals surface area contributed by atoms with E-state index in [9.17, 15) is 0 Å². The van der Waals surface area contributed by atoms with Crippen LogP contribution in [0.2, 0.25) is 0 Å². The van der Waals surface area contributed by atoms with E-state index < -0.39 is 0 Å². The molecule has 0 atom stereocenters. The molecule has 2 rings (SSSR count). The van der Waals surface area contributed by atoms with E-state index in [-0.39, 0.29) is 0 Å². The summed E-state index contributed by atoms with van der Waals surface area (Å²) in [7, 11) is 1.67. The summed E-state index contributed by atoms with van der Waals surface area (Å²) in [4.78, 5) is 4.27. The molecular weight excluding hydrogens is 186 g/mol. The van der Waals surface area contributed by atoms with Gasteiger partial charge in [0.2, 0.25) is 0 Å². The highest BCUT2D eigenvalue weighted by atomic mass is 16.5. The number of methoxy groups -OCH3 is 1. The summed E-state index contributed by atoms with van der Waals surface area (Å²) < 4.78 is 5.11. The first-order valence-corrected chi connectivity index (χ1v) is 4.86. The average Bonchev–Trinajstić information content (AvgIpc) is 2.30. The number of ether oxygens (including phenoxy) is 1. The zero-order chi connectivity index (χ0) is 10.7. The van der Waals surface area contributed by atoms with E-state index in [2.05, 4.69) is 11.1 Å². The lowest BCUT2D eigenvalue weighted by Gasteiger charge is -2.03. The molecule has 0 radical (unpaired) electrons. The molecule has 0 spiro atoms. The van der Waals surface area contributed by atoms with E-state index in [4.69, 9.17) is 4.74 Å². The molecule has 1 aromatic heterocycles. The van der Waals surface area contributed by atoms with Crippen LogP contribution in [0.4, 0.5) is 0 Å². The summed E-state index contributed by atoms with van der Waals surface area (Å²) in [5, 5.41) is 0. The summed E-state index contributed by atoms with van der Waals surface area (Å²) >= 11 is 0. The molecule has 0 bridgehead atoms. The monoisotopic (exact) mass is 199 g/mol. The SMILES string of the molecule is COc1ccc(-c2ccc(C)nc2)cc1. The van der Waals surface area contributed by atoms with Crippen molar-refractivity contribution >= 4 is 0 Å². The number of pyridine rings is 1. The van der Waals surface area contributed by atoms with Crippen molar-refractivity contribution in [3.8, 4) is 16.9 Å².